The van der Waals surface area contributed by atoms with E-state index in [-0.39, 0.29) is 11.8 Å². The smallest absolute Gasteiger partial charge is 0.276 e. The number of rotatable bonds is 3. The minimum Gasteiger partial charge on any atom is -0.332 e. The molecule has 3 aromatic rings. The summed E-state index contributed by atoms with van der Waals surface area (Å²) < 4.78 is 5.30. The van der Waals surface area contributed by atoms with Crippen LogP contribution in [0.25, 0.3) is 11.6 Å². The number of benzene rings is 1. The lowest BCUT2D eigenvalue weighted by atomic mass is 10.1. The van der Waals surface area contributed by atoms with Gasteiger partial charge >= 0.3 is 0 Å². The fourth-order valence-corrected chi connectivity index (χ4v) is 2.92. The highest BCUT2D eigenvalue weighted by molar-refractivity contribution is 5.96. The summed E-state index contributed by atoms with van der Waals surface area (Å²) in [5.41, 5.74) is 2.67. The van der Waals surface area contributed by atoms with E-state index < -0.39 is 0 Å². The molecular weight excluding hydrogens is 304 g/mol. The third kappa shape index (κ3) is 2.67. The van der Waals surface area contributed by atoms with E-state index >= 15 is 0 Å². The zero-order valence-corrected chi connectivity index (χ0v) is 13.2. The molecule has 0 radical (unpaired) electrons. The van der Waals surface area contributed by atoms with Crippen molar-refractivity contribution < 1.29 is 9.32 Å². The van der Waals surface area contributed by atoms with Crippen molar-refractivity contribution in [2.75, 3.05) is 11.4 Å². The topological polar surface area (TPSA) is 72.1 Å². The Kier molecular flexibility index (Phi) is 3.57. The van der Waals surface area contributed by atoms with Crippen LogP contribution in [0.4, 0.5) is 5.69 Å². The quantitative estimate of drug-likeness (QED) is 0.742. The number of aromatic nitrogens is 3. The third-order valence-corrected chi connectivity index (χ3v) is 4.13. The van der Waals surface area contributed by atoms with E-state index in [1.165, 1.54) is 0 Å². The number of hydrogen-bond donors (Lipinski definition) is 0. The molecule has 2 aromatic heterocycles. The largest absolute Gasteiger partial charge is 0.332 e. The molecule has 6 nitrogen and oxygen atoms in total. The number of pyridine rings is 1. The van der Waals surface area contributed by atoms with E-state index in [0.717, 1.165) is 11.3 Å². The van der Waals surface area contributed by atoms with Crippen LogP contribution in [0.15, 0.2) is 53.2 Å². The maximum absolute atomic E-state index is 12.4. The second-order valence-electron chi connectivity index (χ2n) is 5.92. The van der Waals surface area contributed by atoms with Crippen molar-refractivity contribution in [1.29, 1.82) is 0 Å². The summed E-state index contributed by atoms with van der Waals surface area (Å²) in [5, 5.41) is 4.05. The van der Waals surface area contributed by atoms with Gasteiger partial charge in [-0.05, 0) is 36.8 Å². The van der Waals surface area contributed by atoms with Crippen molar-refractivity contribution in [3.63, 3.8) is 0 Å². The molecule has 0 N–H and O–H groups in total. The molecule has 120 valence electrons. The van der Waals surface area contributed by atoms with E-state index in [0.29, 0.717) is 30.4 Å². The molecule has 1 saturated heterocycles. The first-order valence-electron chi connectivity index (χ1n) is 7.83. The van der Waals surface area contributed by atoms with Gasteiger partial charge in [-0.15, -0.1) is 0 Å². The maximum atomic E-state index is 12.4. The van der Waals surface area contributed by atoms with Crippen molar-refractivity contribution >= 4 is 11.6 Å². The van der Waals surface area contributed by atoms with Crippen molar-refractivity contribution in [2.24, 2.45) is 0 Å². The Morgan fingerprint density at radius 3 is 2.92 bits per heavy atom. The predicted octanol–water partition coefficient (Wildman–Crippen LogP) is 2.96. The first kappa shape index (κ1) is 14.6. The second-order valence-corrected chi connectivity index (χ2v) is 5.92. The number of hydrogen-bond acceptors (Lipinski definition) is 5. The van der Waals surface area contributed by atoms with Crippen LogP contribution in [0, 0.1) is 6.92 Å². The number of carbonyl (C=O) groups is 1. The Hall–Kier alpha value is -3.02. The highest BCUT2D eigenvalue weighted by Crippen LogP contribution is 2.31. The van der Waals surface area contributed by atoms with Crippen LogP contribution in [-0.4, -0.2) is 27.6 Å². The van der Waals surface area contributed by atoms with Gasteiger partial charge in [-0.1, -0.05) is 23.4 Å². The van der Waals surface area contributed by atoms with Crippen LogP contribution < -0.4 is 4.90 Å². The number of nitrogens with zero attached hydrogens (tertiary/aromatic N) is 4. The van der Waals surface area contributed by atoms with Gasteiger partial charge in [0.15, 0.2) is 5.82 Å². The van der Waals surface area contributed by atoms with Crippen molar-refractivity contribution in [1.82, 2.24) is 15.1 Å². The van der Waals surface area contributed by atoms with Crippen LogP contribution in [0.2, 0.25) is 0 Å². The van der Waals surface area contributed by atoms with Gasteiger partial charge in [-0.2, -0.15) is 4.98 Å². The van der Waals surface area contributed by atoms with Crippen LogP contribution >= 0.6 is 0 Å². The molecule has 3 heterocycles. The normalized spacial score (nSPS) is 17.5. The molecular formula is C18H16N4O2. The minimum absolute atomic E-state index is 0.0702. The molecule has 0 bridgehead atoms. The van der Waals surface area contributed by atoms with E-state index in [9.17, 15) is 4.79 Å². The van der Waals surface area contributed by atoms with E-state index in [2.05, 4.69) is 15.1 Å². The summed E-state index contributed by atoms with van der Waals surface area (Å²) >= 11 is 0. The van der Waals surface area contributed by atoms with Gasteiger partial charge in [0.1, 0.15) is 5.69 Å². The van der Waals surface area contributed by atoms with E-state index in [1.54, 1.807) is 11.1 Å². The summed E-state index contributed by atoms with van der Waals surface area (Å²) in [5.74, 6) is 0.945. The lowest BCUT2D eigenvalue weighted by Crippen LogP contribution is -2.24. The highest BCUT2D eigenvalue weighted by atomic mass is 16.5. The summed E-state index contributed by atoms with van der Waals surface area (Å²) in [7, 11) is 0. The molecule has 6 heteroatoms. The number of aryl methyl sites for hydroxylation is 1. The molecule has 1 atom stereocenters. The highest BCUT2D eigenvalue weighted by Gasteiger charge is 2.34. The Bertz CT molecular complexity index is 875. The lowest BCUT2D eigenvalue weighted by Gasteiger charge is -2.16. The van der Waals surface area contributed by atoms with Crippen LogP contribution in [0.1, 0.15) is 23.7 Å². The van der Waals surface area contributed by atoms with Crippen molar-refractivity contribution in [2.45, 2.75) is 19.3 Å². The molecule has 1 aliphatic heterocycles. The third-order valence-electron chi connectivity index (χ3n) is 4.13. The molecule has 0 spiro atoms. The van der Waals surface area contributed by atoms with Crippen LogP contribution in [-0.2, 0) is 4.79 Å². The average Bonchev–Trinajstić information content (AvgIpc) is 3.22. The Morgan fingerprint density at radius 2 is 2.12 bits per heavy atom. The summed E-state index contributed by atoms with van der Waals surface area (Å²) in [6.45, 7) is 2.57. The van der Waals surface area contributed by atoms with Gasteiger partial charge in [-0.3, -0.25) is 9.78 Å². The van der Waals surface area contributed by atoms with Gasteiger partial charge in [0.05, 0.1) is 0 Å². The standard InChI is InChI=1S/C18H16N4O2/c1-12-5-4-6-14(9-12)22-11-13(10-16(22)23)17-20-18(24-21-17)15-7-2-3-8-19-15/h2-9,13H,10-11H2,1H3/t13-/m0/s1. The molecule has 0 unspecified atom stereocenters. The molecule has 1 aliphatic rings. The van der Waals surface area contributed by atoms with Gasteiger partial charge in [0.25, 0.3) is 5.89 Å². The molecule has 24 heavy (non-hydrogen) atoms. The molecule has 0 aliphatic carbocycles. The first-order valence-corrected chi connectivity index (χ1v) is 7.83. The zero-order valence-electron chi connectivity index (χ0n) is 13.2. The number of anilines is 1. The molecule has 1 amide bonds. The average molecular weight is 320 g/mol. The fourth-order valence-electron chi connectivity index (χ4n) is 2.92. The summed E-state index contributed by atoms with van der Waals surface area (Å²) in [6, 6.07) is 13.4. The van der Waals surface area contributed by atoms with Gasteiger partial charge in [0.2, 0.25) is 5.91 Å². The second kappa shape index (κ2) is 5.88. The Labute approximate surface area is 139 Å². The first-order chi connectivity index (χ1) is 11.7. The Balaban J connectivity index is 1.56. The monoisotopic (exact) mass is 320 g/mol. The van der Waals surface area contributed by atoms with Crippen molar-refractivity contribution in [3.8, 4) is 11.6 Å². The van der Waals surface area contributed by atoms with Crippen LogP contribution in [0.3, 0.4) is 0 Å². The van der Waals surface area contributed by atoms with Crippen molar-refractivity contribution in [3.05, 3.63) is 60.0 Å². The van der Waals surface area contributed by atoms with E-state index in [4.69, 9.17) is 4.52 Å². The SMILES string of the molecule is Cc1cccc(N2C[C@@H](c3noc(-c4ccccn4)n3)CC2=O)c1. The van der Waals surface area contributed by atoms with Crippen LogP contribution in [0.5, 0.6) is 0 Å². The molecule has 1 aromatic carbocycles. The Morgan fingerprint density at radius 1 is 1.21 bits per heavy atom. The van der Waals surface area contributed by atoms with E-state index in [1.807, 2.05) is 49.4 Å². The van der Waals surface area contributed by atoms with Gasteiger partial charge < -0.3 is 9.42 Å². The maximum Gasteiger partial charge on any atom is 0.276 e. The molecule has 0 saturated carbocycles. The summed E-state index contributed by atoms with van der Waals surface area (Å²) in [6.07, 6.45) is 2.06. The van der Waals surface area contributed by atoms with Gasteiger partial charge in [-0.25, -0.2) is 0 Å². The van der Waals surface area contributed by atoms with Gasteiger partial charge in [0, 0.05) is 30.8 Å². The summed E-state index contributed by atoms with van der Waals surface area (Å²) in [4.78, 5) is 22.8. The predicted molar refractivity (Wildman–Crippen MR) is 88.4 cm³/mol. The zero-order chi connectivity index (χ0) is 16.5. The fraction of sp³-hybridized carbons (Fsp3) is 0.222. The minimum atomic E-state index is -0.0702. The number of amides is 1. The number of carbonyl (C=O) groups excluding carboxylic acids is 1. The molecule has 1 fully saturated rings. The lowest BCUT2D eigenvalue weighted by molar-refractivity contribution is -0.117. The molecule has 4 rings (SSSR count).